The number of nitrogens with zero attached hydrogens (tertiary/aromatic N) is 4. The van der Waals surface area contributed by atoms with E-state index in [-0.39, 0.29) is 17.0 Å². The molecule has 9 nitrogen and oxygen atoms in total. The first-order chi connectivity index (χ1) is 16.4. The van der Waals surface area contributed by atoms with Crippen molar-refractivity contribution in [1.82, 2.24) is 15.1 Å². The van der Waals surface area contributed by atoms with E-state index in [2.05, 4.69) is 22.4 Å². The van der Waals surface area contributed by atoms with Gasteiger partial charge < -0.3 is 4.90 Å². The van der Waals surface area contributed by atoms with Crippen LogP contribution < -0.4 is 10.2 Å². The van der Waals surface area contributed by atoms with Gasteiger partial charge in [0, 0.05) is 24.6 Å². The first-order valence-corrected chi connectivity index (χ1v) is 11.7. The lowest BCUT2D eigenvalue weighted by molar-refractivity contribution is -0.117. The van der Waals surface area contributed by atoms with Crippen molar-refractivity contribution in [2.45, 2.75) is 25.7 Å². The van der Waals surface area contributed by atoms with E-state index in [9.17, 15) is 19.2 Å². The number of amides is 4. The van der Waals surface area contributed by atoms with Crippen LogP contribution in [0.15, 0.2) is 48.5 Å². The van der Waals surface area contributed by atoms with Crippen molar-refractivity contribution in [1.29, 1.82) is 0 Å². The lowest BCUT2D eigenvalue weighted by Crippen LogP contribution is -2.37. The number of hydrogen-bond donors (Lipinski definition) is 1. The lowest BCUT2D eigenvalue weighted by atomic mass is 10.1. The first-order valence-electron chi connectivity index (χ1n) is 10.9. The van der Waals surface area contributed by atoms with Gasteiger partial charge in [-0.05, 0) is 36.2 Å². The SMILES string of the molecule is CCc1ccc(N2C[C@@H](c3nnc(NC(=O)CN4C(=O)c5ccccc5C4=O)s3)CC2=O)cc1. The second kappa shape index (κ2) is 8.79. The van der Waals surface area contributed by atoms with Crippen LogP contribution in [0, 0.1) is 0 Å². The second-order valence-corrected chi connectivity index (χ2v) is 9.17. The van der Waals surface area contributed by atoms with Gasteiger partial charge in [-0.3, -0.25) is 29.4 Å². The molecule has 34 heavy (non-hydrogen) atoms. The molecule has 5 rings (SSSR count). The summed E-state index contributed by atoms with van der Waals surface area (Å²) in [7, 11) is 0. The number of anilines is 2. The molecule has 1 N–H and O–H groups in total. The summed E-state index contributed by atoms with van der Waals surface area (Å²) in [6.45, 7) is 2.16. The zero-order chi connectivity index (χ0) is 23.8. The van der Waals surface area contributed by atoms with E-state index < -0.39 is 24.3 Å². The van der Waals surface area contributed by atoms with E-state index in [4.69, 9.17) is 0 Å². The van der Waals surface area contributed by atoms with E-state index in [0.717, 1.165) is 17.0 Å². The molecule has 3 aromatic rings. The van der Waals surface area contributed by atoms with Gasteiger partial charge in [-0.25, -0.2) is 0 Å². The summed E-state index contributed by atoms with van der Waals surface area (Å²) in [5.74, 6) is -1.65. The fourth-order valence-electron chi connectivity index (χ4n) is 4.17. The highest BCUT2D eigenvalue weighted by atomic mass is 32.1. The average Bonchev–Trinajstić information content (AvgIpc) is 3.53. The molecule has 4 amide bonds. The molecule has 0 bridgehead atoms. The Balaban J connectivity index is 1.21. The van der Waals surface area contributed by atoms with Gasteiger partial charge in [0.1, 0.15) is 11.6 Å². The Morgan fingerprint density at radius 3 is 2.35 bits per heavy atom. The van der Waals surface area contributed by atoms with E-state index >= 15 is 0 Å². The highest BCUT2D eigenvalue weighted by molar-refractivity contribution is 7.15. The monoisotopic (exact) mass is 475 g/mol. The third kappa shape index (κ3) is 3.96. The maximum absolute atomic E-state index is 12.6. The van der Waals surface area contributed by atoms with Gasteiger partial charge in [0.25, 0.3) is 11.8 Å². The molecule has 172 valence electrons. The molecule has 1 fully saturated rings. The molecule has 0 unspecified atom stereocenters. The molecule has 2 aliphatic rings. The maximum Gasteiger partial charge on any atom is 0.262 e. The van der Waals surface area contributed by atoms with Crippen LogP contribution in [-0.4, -0.2) is 51.8 Å². The summed E-state index contributed by atoms with van der Waals surface area (Å²) in [6.07, 6.45) is 1.25. The number of fused-ring (bicyclic) bond motifs is 1. The molecule has 2 aromatic carbocycles. The van der Waals surface area contributed by atoms with Crippen LogP contribution in [0.5, 0.6) is 0 Å². The van der Waals surface area contributed by atoms with Crippen LogP contribution in [0.2, 0.25) is 0 Å². The lowest BCUT2D eigenvalue weighted by Gasteiger charge is -2.16. The van der Waals surface area contributed by atoms with Crippen molar-refractivity contribution in [2.75, 3.05) is 23.3 Å². The van der Waals surface area contributed by atoms with E-state index in [1.165, 1.54) is 16.9 Å². The predicted octanol–water partition coefficient (Wildman–Crippen LogP) is 2.86. The third-order valence-electron chi connectivity index (χ3n) is 6.00. The number of rotatable bonds is 6. The summed E-state index contributed by atoms with van der Waals surface area (Å²) >= 11 is 1.19. The molecule has 0 saturated carbocycles. The van der Waals surface area contributed by atoms with Gasteiger partial charge in [0.05, 0.1) is 11.1 Å². The molecule has 0 radical (unpaired) electrons. The van der Waals surface area contributed by atoms with Gasteiger partial charge in [-0.2, -0.15) is 0 Å². The fourth-order valence-corrected chi connectivity index (χ4v) is 5.02. The van der Waals surface area contributed by atoms with E-state index in [1.807, 2.05) is 24.3 Å². The van der Waals surface area contributed by atoms with Crippen molar-refractivity contribution in [3.05, 3.63) is 70.2 Å². The minimum absolute atomic E-state index is 0.0145. The number of hydrogen-bond acceptors (Lipinski definition) is 7. The van der Waals surface area contributed by atoms with Gasteiger partial charge in [-0.15, -0.1) is 10.2 Å². The van der Waals surface area contributed by atoms with Crippen LogP contribution in [0.4, 0.5) is 10.8 Å². The molecule has 1 aromatic heterocycles. The standard InChI is InChI=1S/C24H21N5O4S/c1-2-14-7-9-16(10-8-14)28-12-15(11-20(28)31)21-26-27-24(34-21)25-19(30)13-29-22(32)17-5-3-4-6-18(17)23(29)33/h3-10,15H,2,11-13H2,1H3,(H,25,27,30)/t15-/m0/s1. The average molecular weight is 476 g/mol. The summed E-state index contributed by atoms with van der Waals surface area (Å²) in [4.78, 5) is 52.7. The van der Waals surface area contributed by atoms with Crippen LogP contribution in [-0.2, 0) is 16.0 Å². The zero-order valence-electron chi connectivity index (χ0n) is 18.4. The molecule has 1 atom stereocenters. The van der Waals surface area contributed by atoms with Crippen LogP contribution in [0.1, 0.15) is 50.5 Å². The highest BCUT2D eigenvalue weighted by Gasteiger charge is 2.37. The molecule has 0 spiro atoms. The Bertz CT molecular complexity index is 1270. The van der Waals surface area contributed by atoms with Crippen molar-refractivity contribution < 1.29 is 19.2 Å². The van der Waals surface area contributed by atoms with Crippen molar-refractivity contribution in [2.24, 2.45) is 0 Å². The Morgan fingerprint density at radius 1 is 1.03 bits per heavy atom. The predicted molar refractivity (Wildman–Crippen MR) is 126 cm³/mol. The zero-order valence-corrected chi connectivity index (χ0v) is 19.2. The number of benzene rings is 2. The molecule has 1 saturated heterocycles. The minimum atomic E-state index is -0.544. The Morgan fingerprint density at radius 2 is 1.71 bits per heavy atom. The van der Waals surface area contributed by atoms with Crippen LogP contribution in [0.3, 0.4) is 0 Å². The summed E-state index contributed by atoms with van der Waals surface area (Å²) in [5, 5.41) is 11.7. The summed E-state index contributed by atoms with van der Waals surface area (Å²) < 4.78 is 0. The Hall–Kier alpha value is -3.92. The molecule has 0 aliphatic carbocycles. The summed E-state index contributed by atoms with van der Waals surface area (Å²) in [6, 6.07) is 14.4. The fraction of sp³-hybridized carbons (Fsp3) is 0.250. The minimum Gasteiger partial charge on any atom is -0.312 e. The Labute approximate surface area is 199 Å². The molecule has 10 heteroatoms. The maximum atomic E-state index is 12.6. The van der Waals surface area contributed by atoms with Gasteiger partial charge in [0.15, 0.2) is 0 Å². The van der Waals surface area contributed by atoms with Gasteiger partial charge in [0.2, 0.25) is 16.9 Å². The smallest absolute Gasteiger partial charge is 0.262 e. The molecular formula is C24H21N5O4S. The molecule has 3 heterocycles. The topological polar surface area (TPSA) is 113 Å². The normalized spacial score (nSPS) is 17.4. The number of aryl methyl sites for hydroxylation is 1. The molecule has 2 aliphatic heterocycles. The first kappa shape index (κ1) is 21.9. The third-order valence-corrected chi connectivity index (χ3v) is 7.00. The van der Waals surface area contributed by atoms with E-state index in [0.29, 0.717) is 29.1 Å². The molecular weight excluding hydrogens is 454 g/mol. The summed E-state index contributed by atoms with van der Waals surface area (Å²) in [5.41, 5.74) is 2.64. The van der Waals surface area contributed by atoms with Crippen LogP contribution >= 0.6 is 11.3 Å². The van der Waals surface area contributed by atoms with Gasteiger partial charge >= 0.3 is 0 Å². The number of imide groups is 1. The largest absolute Gasteiger partial charge is 0.312 e. The van der Waals surface area contributed by atoms with Gasteiger partial charge in [-0.1, -0.05) is 42.5 Å². The van der Waals surface area contributed by atoms with Crippen LogP contribution in [0.25, 0.3) is 0 Å². The quantitative estimate of drug-likeness (QED) is 0.549. The van der Waals surface area contributed by atoms with Crippen molar-refractivity contribution in [3.63, 3.8) is 0 Å². The van der Waals surface area contributed by atoms with Crippen molar-refractivity contribution in [3.8, 4) is 0 Å². The number of nitrogens with one attached hydrogen (secondary N) is 1. The highest BCUT2D eigenvalue weighted by Crippen LogP contribution is 2.34. The van der Waals surface area contributed by atoms with Crippen molar-refractivity contribution >= 4 is 45.8 Å². The number of carbonyl (C=O) groups is 4. The Kier molecular flexibility index (Phi) is 5.66. The van der Waals surface area contributed by atoms with E-state index in [1.54, 1.807) is 29.2 Å². The number of carbonyl (C=O) groups excluding carboxylic acids is 4. The second-order valence-electron chi connectivity index (χ2n) is 8.16. The number of aromatic nitrogens is 2.